The fourth-order valence-electron chi connectivity index (χ4n) is 2.76. The van der Waals surface area contributed by atoms with Gasteiger partial charge in [-0.2, -0.15) is 0 Å². The van der Waals surface area contributed by atoms with Crippen LogP contribution in [0.1, 0.15) is 40.4 Å². The Kier molecular flexibility index (Phi) is 2.99. The Bertz CT molecular complexity index is 843. The maximum Gasteiger partial charge on any atom is 0.339 e. The number of rotatable bonds is 4. The van der Waals surface area contributed by atoms with Gasteiger partial charge in [0, 0.05) is 24.8 Å². The molecule has 0 atom stereocenters. The maximum atomic E-state index is 11.5. The lowest BCUT2D eigenvalue weighted by Gasteiger charge is -1.98. The van der Waals surface area contributed by atoms with E-state index in [9.17, 15) is 4.79 Å². The van der Waals surface area contributed by atoms with Gasteiger partial charge in [-0.05, 0) is 36.5 Å². The second-order valence-electron chi connectivity index (χ2n) is 5.80. The van der Waals surface area contributed by atoms with Gasteiger partial charge in [-0.3, -0.25) is 0 Å². The molecular formula is C17H17N3O2. The van der Waals surface area contributed by atoms with Crippen molar-refractivity contribution in [3.05, 3.63) is 59.8 Å². The number of ether oxygens (including phenoxy) is 1. The van der Waals surface area contributed by atoms with Gasteiger partial charge >= 0.3 is 5.97 Å². The predicted octanol–water partition coefficient (Wildman–Crippen LogP) is 2.85. The van der Waals surface area contributed by atoms with Crippen LogP contribution in [0.2, 0.25) is 0 Å². The number of hydrogen-bond donors (Lipinski definition) is 0. The fourth-order valence-corrected chi connectivity index (χ4v) is 2.76. The van der Waals surface area contributed by atoms with Crippen molar-refractivity contribution in [1.29, 1.82) is 0 Å². The van der Waals surface area contributed by atoms with E-state index in [-0.39, 0.29) is 5.97 Å². The van der Waals surface area contributed by atoms with E-state index in [2.05, 4.69) is 33.9 Å². The molecule has 0 unspecified atom stereocenters. The summed E-state index contributed by atoms with van der Waals surface area (Å²) in [6.07, 6.45) is 10.5. The van der Waals surface area contributed by atoms with Crippen LogP contribution in [0.4, 0.5) is 0 Å². The van der Waals surface area contributed by atoms with E-state index in [0.29, 0.717) is 12.1 Å². The molecular weight excluding hydrogens is 278 g/mol. The highest BCUT2D eigenvalue weighted by Crippen LogP contribution is 2.39. The van der Waals surface area contributed by atoms with Crippen molar-refractivity contribution in [2.75, 3.05) is 7.11 Å². The average molecular weight is 295 g/mol. The van der Waals surface area contributed by atoms with Gasteiger partial charge in [0.15, 0.2) is 0 Å². The number of esters is 1. The normalized spacial score (nSPS) is 14.4. The van der Waals surface area contributed by atoms with Gasteiger partial charge in [0.2, 0.25) is 0 Å². The van der Waals surface area contributed by atoms with E-state index >= 15 is 0 Å². The van der Waals surface area contributed by atoms with Crippen molar-refractivity contribution < 1.29 is 9.53 Å². The van der Waals surface area contributed by atoms with Gasteiger partial charge in [0.25, 0.3) is 0 Å². The molecule has 0 spiro atoms. The number of hydrogen-bond acceptors (Lipinski definition) is 3. The van der Waals surface area contributed by atoms with Crippen molar-refractivity contribution in [3.63, 3.8) is 0 Å². The fraction of sp³-hybridized carbons (Fsp3) is 0.294. The third-order valence-electron chi connectivity index (χ3n) is 4.09. The molecule has 0 aromatic carbocycles. The molecule has 1 aliphatic rings. The zero-order chi connectivity index (χ0) is 15.1. The number of fused-ring (bicyclic) bond motifs is 1. The summed E-state index contributed by atoms with van der Waals surface area (Å²) < 4.78 is 8.75. The molecule has 4 rings (SSSR count). The van der Waals surface area contributed by atoms with Gasteiger partial charge in [-0.25, -0.2) is 9.78 Å². The van der Waals surface area contributed by atoms with Crippen molar-refractivity contribution >= 4 is 11.6 Å². The summed E-state index contributed by atoms with van der Waals surface area (Å²) >= 11 is 0. The highest BCUT2D eigenvalue weighted by atomic mass is 16.5. The number of carbonyl (C=O) groups is 1. The van der Waals surface area contributed by atoms with Crippen LogP contribution in [0.25, 0.3) is 5.65 Å². The molecule has 5 heteroatoms. The number of carbonyl (C=O) groups excluding carboxylic acids is 1. The topological polar surface area (TPSA) is 48.5 Å². The quantitative estimate of drug-likeness (QED) is 0.695. The third kappa shape index (κ3) is 2.39. The van der Waals surface area contributed by atoms with Crippen LogP contribution in [0, 0.1) is 0 Å². The molecule has 1 aliphatic carbocycles. The zero-order valence-corrected chi connectivity index (χ0v) is 12.4. The molecule has 0 N–H and O–H groups in total. The Morgan fingerprint density at radius 3 is 2.91 bits per heavy atom. The molecule has 22 heavy (non-hydrogen) atoms. The molecule has 0 aliphatic heterocycles. The lowest BCUT2D eigenvalue weighted by atomic mass is 10.2. The SMILES string of the molecule is COC(=O)c1ccn(Cc2cn3cc(C4CC4)ccc3n2)c1. The van der Waals surface area contributed by atoms with Crippen LogP contribution < -0.4 is 0 Å². The molecule has 0 radical (unpaired) electrons. The monoisotopic (exact) mass is 295 g/mol. The van der Waals surface area contributed by atoms with Crippen LogP contribution in [-0.2, 0) is 11.3 Å². The molecule has 1 saturated carbocycles. The Morgan fingerprint density at radius 2 is 2.14 bits per heavy atom. The minimum absolute atomic E-state index is 0.317. The highest BCUT2D eigenvalue weighted by Gasteiger charge is 2.23. The summed E-state index contributed by atoms with van der Waals surface area (Å²) in [6.45, 7) is 0.636. The summed E-state index contributed by atoms with van der Waals surface area (Å²) in [5.74, 6) is 0.421. The Labute approximate surface area is 128 Å². The lowest BCUT2D eigenvalue weighted by molar-refractivity contribution is 0.0600. The first-order valence-corrected chi connectivity index (χ1v) is 7.44. The summed E-state index contributed by atoms with van der Waals surface area (Å²) in [6, 6.07) is 6.01. The van der Waals surface area contributed by atoms with Gasteiger partial charge in [-0.15, -0.1) is 0 Å². The van der Waals surface area contributed by atoms with E-state index in [4.69, 9.17) is 4.74 Å². The van der Waals surface area contributed by atoms with Crippen molar-refractivity contribution in [2.24, 2.45) is 0 Å². The molecule has 0 saturated heterocycles. The van der Waals surface area contributed by atoms with E-state index in [1.54, 1.807) is 12.3 Å². The van der Waals surface area contributed by atoms with Crippen LogP contribution in [0.15, 0.2) is 43.0 Å². The van der Waals surface area contributed by atoms with Crippen LogP contribution in [0.5, 0.6) is 0 Å². The second-order valence-corrected chi connectivity index (χ2v) is 5.80. The van der Waals surface area contributed by atoms with Crippen LogP contribution in [0.3, 0.4) is 0 Å². The van der Waals surface area contributed by atoms with E-state index in [1.807, 2.05) is 10.8 Å². The predicted molar refractivity (Wildman–Crippen MR) is 82.0 cm³/mol. The smallest absolute Gasteiger partial charge is 0.339 e. The molecule has 0 amide bonds. The first-order valence-electron chi connectivity index (χ1n) is 7.44. The first-order chi connectivity index (χ1) is 10.7. The molecule has 3 heterocycles. The summed E-state index contributed by atoms with van der Waals surface area (Å²) in [4.78, 5) is 16.1. The minimum Gasteiger partial charge on any atom is -0.465 e. The summed E-state index contributed by atoms with van der Waals surface area (Å²) in [5.41, 5.74) is 3.88. The molecule has 112 valence electrons. The van der Waals surface area contributed by atoms with Gasteiger partial charge in [0.1, 0.15) is 5.65 Å². The number of pyridine rings is 1. The molecule has 5 nitrogen and oxygen atoms in total. The van der Waals surface area contributed by atoms with Crippen LogP contribution in [-0.4, -0.2) is 27.0 Å². The summed E-state index contributed by atoms with van der Waals surface area (Å²) in [5, 5.41) is 0. The molecule has 3 aromatic rings. The average Bonchev–Trinajstić information content (AvgIpc) is 3.15. The van der Waals surface area contributed by atoms with Gasteiger partial charge < -0.3 is 13.7 Å². The number of nitrogens with zero attached hydrogens (tertiary/aromatic N) is 3. The van der Waals surface area contributed by atoms with E-state index in [0.717, 1.165) is 17.3 Å². The minimum atomic E-state index is -0.317. The third-order valence-corrected chi connectivity index (χ3v) is 4.09. The highest BCUT2D eigenvalue weighted by molar-refractivity contribution is 5.89. The standard InChI is InChI=1S/C17H17N3O2/c1-22-17(21)14-6-7-19(8-14)10-15-11-20-9-13(12-2-3-12)4-5-16(20)18-15/h4-9,11-12H,2-3,10H2,1H3. The largest absolute Gasteiger partial charge is 0.465 e. The van der Waals surface area contributed by atoms with Gasteiger partial charge in [-0.1, -0.05) is 6.07 Å². The van der Waals surface area contributed by atoms with Crippen LogP contribution >= 0.6 is 0 Å². The van der Waals surface area contributed by atoms with Crippen molar-refractivity contribution in [3.8, 4) is 0 Å². The second kappa shape index (κ2) is 5.02. The Morgan fingerprint density at radius 1 is 1.27 bits per heavy atom. The van der Waals surface area contributed by atoms with E-state index < -0.39 is 0 Å². The molecule has 3 aromatic heterocycles. The van der Waals surface area contributed by atoms with E-state index in [1.165, 1.54) is 25.5 Å². The van der Waals surface area contributed by atoms with Crippen molar-refractivity contribution in [1.82, 2.24) is 14.0 Å². The zero-order valence-electron chi connectivity index (χ0n) is 12.4. The number of imidazole rings is 1. The Balaban J connectivity index is 1.58. The first kappa shape index (κ1) is 13.1. The molecule has 1 fully saturated rings. The lowest BCUT2D eigenvalue weighted by Crippen LogP contribution is -2.00. The van der Waals surface area contributed by atoms with Gasteiger partial charge in [0.05, 0.1) is 24.9 Å². The number of aromatic nitrogens is 3. The maximum absolute atomic E-state index is 11.5. The molecule has 0 bridgehead atoms. The summed E-state index contributed by atoms with van der Waals surface area (Å²) in [7, 11) is 1.39. The number of methoxy groups -OCH3 is 1. The van der Waals surface area contributed by atoms with Crippen molar-refractivity contribution in [2.45, 2.75) is 25.3 Å². The Hall–Kier alpha value is -2.56.